The Bertz CT molecular complexity index is 1470. The number of carbonyl (C=O) groups excluding carboxylic acids is 1. The van der Waals surface area contributed by atoms with Gasteiger partial charge in [-0.25, -0.2) is 18.2 Å². The maximum absolute atomic E-state index is 14.8. The Kier molecular flexibility index (Phi) is 8.02. The molecule has 2 heterocycles. The third-order valence-corrected chi connectivity index (χ3v) is 5.15. The fraction of sp³-hybridized carbons (Fsp3) is 0.154. The van der Waals surface area contributed by atoms with Gasteiger partial charge in [0, 0.05) is 49.4 Å². The van der Waals surface area contributed by atoms with Crippen LogP contribution in [-0.2, 0) is 11.8 Å². The lowest BCUT2D eigenvalue weighted by molar-refractivity contribution is -0.111. The number of anilines is 5. The Hall–Kier alpha value is -4.71. The molecule has 0 radical (unpaired) electrons. The monoisotopic (exact) mass is 522 g/mol. The number of aryl methyl sites for hydroxylation is 1. The Morgan fingerprint density at radius 2 is 1.79 bits per heavy atom. The minimum absolute atomic E-state index is 0.0239. The number of carbonyl (C=O) groups is 1. The second kappa shape index (κ2) is 11.6. The van der Waals surface area contributed by atoms with Crippen LogP contribution < -0.4 is 16.0 Å². The Balaban J connectivity index is 1.67. The molecule has 0 fully saturated rings. The van der Waals surface area contributed by atoms with E-state index in [2.05, 4.69) is 31.0 Å². The van der Waals surface area contributed by atoms with Crippen LogP contribution in [0.25, 0.3) is 11.1 Å². The maximum Gasteiger partial charge on any atom is 0.248 e. The Labute approximate surface area is 217 Å². The summed E-state index contributed by atoms with van der Waals surface area (Å²) in [5.74, 6) is -2.39. The fourth-order valence-electron chi connectivity index (χ4n) is 3.45. The second-order valence-corrected chi connectivity index (χ2v) is 8.62. The van der Waals surface area contributed by atoms with E-state index in [1.807, 2.05) is 19.0 Å². The average molecular weight is 523 g/mol. The van der Waals surface area contributed by atoms with Gasteiger partial charge in [0.15, 0.2) is 0 Å². The SMILES string of the molecule is CN(C)C/C=C/C(=O)Nc1ccc(F)c(Nc2nc(Nc3cnn(C)c3)ncc2-c2cc(F)cc(F)c2)c1. The molecule has 0 aliphatic rings. The first kappa shape index (κ1) is 26.4. The van der Waals surface area contributed by atoms with E-state index in [1.165, 1.54) is 30.5 Å². The molecule has 1 amide bonds. The molecule has 196 valence electrons. The van der Waals surface area contributed by atoms with Gasteiger partial charge < -0.3 is 20.9 Å². The predicted molar refractivity (Wildman–Crippen MR) is 140 cm³/mol. The summed E-state index contributed by atoms with van der Waals surface area (Å²) < 4.78 is 44.4. The topological polar surface area (TPSA) is 100 Å². The maximum atomic E-state index is 14.8. The summed E-state index contributed by atoms with van der Waals surface area (Å²) in [5.41, 5.74) is 1.27. The highest BCUT2D eigenvalue weighted by Crippen LogP contribution is 2.32. The van der Waals surface area contributed by atoms with Crippen molar-refractivity contribution in [3.8, 4) is 11.1 Å². The second-order valence-electron chi connectivity index (χ2n) is 8.62. The summed E-state index contributed by atoms with van der Waals surface area (Å²) in [6.07, 6.45) is 7.70. The first-order chi connectivity index (χ1) is 18.2. The number of nitrogens with one attached hydrogen (secondary N) is 3. The van der Waals surface area contributed by atoms with Crippen LogP contribution in [0.2, 0.25) is 0 Å². The van der Waals surface area contributed by atoms with E-state index in [9.17, 15) is 18.0 Å². The van der Waals surface area contributed by atoms with Gasteiger partial charge in [-0.05, 0) is 50.0 Å². The highest BCUT2D eigenvalue weighted by Gasteiger charge is 2.15. The molecule has 0 spiro atoms. The summed E-state index contributed by atoms with van der Waals surface area (Å²) in [4.78, 5) is 22.8. The van der Waals surface area contributed by atoms with Crippen molar-refractivity contribution in [1.82, 2.24) is 24.6 Å². The van der Waals surface area contributed by atoms with Crippen molar-refractivity contribution in [2.45, 2.75) is 0 Å². The largest absolute Gasteiger partial charge is 0.337 e. The first-order valence-corrected chi connectivity index (χ1v) is 11.4. The van der Waals surface area contributed by atoms with Gasteiger partial charge in [-0.1, -0.05) is 6.08 Å². The molecule has 4 aromatic rings. The lowest BCUT2D eigenvalue weighted by Gasteiger charge is -2.15. The van der Waals surface area contributed by atoms with E-state index < -0.39 is 17.5 Å². The molecule has 0 atom stereocenters. The van der Waals surface area contributed by atoms with Crippen LogP contribution in [0.3, 0.4) is 0 Å². The van der Waals surface area contributed by atoms with Gasteiger partial charge in [0.25, 0.3) is 0 Å². The predicted octanol–water partition coefficient (Wildman–Crippen LogP) is 4.84. The van der Waals surface area contributed by atoms with Crippen LogP contribution in [0.5, 0.6) is 0 Å². The van der Waals surface area contributed by atoms with Gasteiger partial charge in [0.2, 0.25) is 11.9 Å². The third kappa shape index (κ3) is 6.95. The van der Waals surface area contributed by atoms with Crippen molar-refractivity contribution in [2.24, 2.45) is 7.05 Å². The number of amides is 1. The molecular formula is C26H25F3N8O. The van der Waals surface area contributed by atoms with Gasteiger partial charge in [0.05, 0.1) is 17.6 Å². The third-order valence-electron chi connectivity index (χ3n) is 5.15. The zero-order chi connectivity index (χ0) is 27.2. The molecule has 4 rings (SSSR count). The number of rotatable bonds is 9. The summed E-state index contributed by atoms with van der Waals surface area (Å²) in [7, 11) is 5.49. The Morgan fingerprint density at radius 1 is 1.03 bits per heavy atom. The molecule has 9 nitrogen and oxygen atoms in total. The van der Waals surface area contributed by atoms with Crippen molar-refractivity contribution < 1.29 is 18.0 Å². The Morgan fingerprint density at radius 3 is 2.47 bits per heavy atom. The van der Waals surface area contributed by atoms with Crippen molar-refractivity contribution in [2.75, 3.05) is 36.6 Å². The molecule has 0 aliphatic heterocycles. The van der Waals surface area contributed by atoms with E-state index in [-0.39, 0.29) is 34.5 Å². The summed E-state index contributed by atoms with van der Waals surface area (Å²) in [5, 5.41) is 12.6. The van der Waals surface area contributed by atoms with Crippen LogP contribution in [-0.4, -0.2) is 51.2 Å². The van der Waals surface area contributed by atoms with Gasteiger partial charge in [-0.2, -0.15) is 10.1 Å². The average Bonchev–Trinajstić information content (AvgIpc) is 3.25. The minimum Gasteiger partial charge on any atom is -0.337 e. The number of hydrogen-bond donors (Lipinski definition) is 3. The smallest absolute Gasteiger partial charge is 0.248 e. The zero-order valence-corrected chi connectivity index (χ0v) is 20.8. The summed E-state index contributed by atoms with van der Waals surface area (Å²) in [6.45, 7) is 0.580. The van der Waals surface area contributed by atoms with E-state index in [4.69, 9.17) is 0 Å². The van der Waals surface area contributed by atoms with Crippen LogP contribution in [0.15, 0.2) is 67.1 Å². The molecule has 38 heavy (non-hydrogen) atoms. The van der Waals surface area contributed by atoms with Crippen molar-refractivity contribution in [3.05, 3.63) is 84.6 Å². The molecule has 0 aliphatic carbocycles. The first-order valence-electron chi connectivity index (χ1n) is 11.4. The molecule has 12 heteroatoms. The highest BCUT2D eigenvalue weighted by atomic mass is 19.1. The quantitative estimate of drug-likeness (QED) is 0.271. The van der Waals surface area contributed by atoms with E-state index in [0.717, 1.165) is 18.2 Å². The van der Waals surface area contributed by atoms with Gasteiger partial charge in [0.1, 0.15) is 23.3 Å². The standard InChI is InChI=1S/C26H25F3N8O/c1-36(2)8-4-5-24(38)32-19-6-7-22(29)23(12-19)34-25-21(16-9-17(27)11-18(28)10-16)14-30-26(35-25)33-20-13-31-37(3)15-20/h4-7,9-15H,8H2,1-3H3,(H,32,38)(H2,30,33,34,35)/b5-4+. The fourth-order valence-corrected chi connectivity index (χ4v) is 3.45. The molecule has 3 N–H and O–H groups in total. The van der Waals surface area contributed by atoms with Gasteiger partial charge in [-0.15, -0.1) is 0 Å². The number of likely N-dealkylation sites (N-methyl/N-ethyl adjacent to an activating group) is 1. The summed E-state index contributed by atoms with van der Waals surface area (Å²) >= 11 is 0. The lowest BCUT2D eigenvalue weighted by atomic mass is 10.1. The van der Waals surface area contributed by atoms with Gasteiger partial charge >= 0.3 is 0 Å². The molecule has 2 aromatic heterocycles. The number of nitrogens with zero attached hydrogens (tertiary/aromatic N) is 5. The normalized spacial score (nSPS) is 11.2. The van der Waals surface area contributed by atoms with Crippen LogP contribution in [0.4, 0.5) is 42.0 Å². The number of halogens is 3. The number of benzene rings is 2. The highest BCUT2D eigenvalue weighted by molar-refractivity contribution is 5.99. The van der Waals surface area contributed by atoms with E-state index in [0.29, 0.717) is 17.9 Å². The molecule has 0 saturated heterocycles. The van der Waals surface area contributed by atoms with Crippen molar-refractivity contribution in [3.63, 3.8) is 0 Å². The zero-order valence-electron chi connectivity index (χ0n) is 20.8. The molecule has 0 saturated carbocycles. The van der Waals surface area contributed by atoms with Crippen LogP contribution >= 0.6 is 0 Å². The van der Waals surface area contributed by atoms with E-state index >= 15 is 0 Å². The molecular weight excluding hydrogens is 497 g/mol. The molecule has 0 bridgehead atoms. The number of aromatic nitrogens is 4. The molecule has 2 aromatic carbocycles. The van der Waals surface area contributed by atoms with E-state index in [1.54, 1.807) is 30.2 Å². The van der Waals surface area contributed by atoms with Crippen molar-refractivity contribution >= 4 is 34.7 Å². The lowest BCUT2D eigenvalue weighted by Crippen LogP contribution is -2.13. The van der Waals surface area contributed by atoms with Gasteiger partial charge in [-0.3, -0.25) is 9.48 Å². The minimum atomic E-state index is -0.790. The van der Waals surface area contributed by atoms with Crippen LogP contribution in [0, 0.1) is 17.5 Å². The molecule has 0 unspecified atom stereocenters. The van der Waals surface area contributed by atoms with Crippen molar-refractivity contribution in [1.29, 1.82) is 0 Å². The van der Waals surface area contributed by atoms with Crippen LogP contribution in [0.1, 0.15) is 0 Å². The number of hydrogen-bond acceptors (Lipinski definition) is 7. The summed E-state index contributed by atoms with van der Waals surface area (Å²) in [6, 6.07) is 6.96.